The first-order valence-electron chi connectivity index (χ1n) is 11.0. The quantitative estimate of drug-likeness (QED) is 0.271. The van der Waals surface area contributed by atoms with Crippen LogP contribution in [0.25, 0.3) is 11.2 Å². The number of nitrogens with two attached hydrogens (primary N) is 2. The molecule has 1 aliphatic rings. The number of anilines is 3. The van der Waals surface area contributed by atoms with Crippen molar-refractivity contribution in [3.05, 3.63) is 35.7 Å². The fraction of sp³-hybridized carbons (Fsp3) is 0.318. The van der Waals surface area contributed by atoms with E-state index < -0.39 is 23.9 Å². The molecule has 2 aromatic heterocycles. The van der Waals surface area contributed by atoms with Crippen LogP contribution in [0, 0.1) is 0 Å². The number of carboxylic acids is 2. The molecule has 0 unspecified atom stereocenters. The number of fused-ring (bicyclic) bond motifs is 2. The lowest BCUT2D eigenvalue weighted by Gasteiger charge is -2.31. The van der Waals surface area contributed by atoms with Gasteiger partial charge in [0.1, 0.15) is 18.4 Å². The maximum absolute atomic E-state index is 12.7. The molecule has 1 aliphatic heterocycles. The zero-order valence-electron chi connectivity index (χ0n) is 19.0. The Morgan fingerprint density at radius 1 is 1.17 bits per heavy atom. The van der Waals surface area contributed by atoms with Gasteiger partial charge in [-0.25, -0.2) is 14.8 Å². The van der Waals surface area contributed by atoms with Crippen LogP contribution in [0.4, 0.5) is 17.5 Å². The second-order valence-electron chi connectivity index (χ2n) is 8.10. The van der Waals surface area contributed by atoms with Crippen molar-refractivity contribution in [2.24, 2.45) is 0 Å². The Hall–Kier alpha value is -4.75. The van der Waals surface area contributed by atoms with E-state index in [9.17, 15) is 19.5 Å². The summed E-state index contributed by atoms with van der Waals surface area (Å²) in [6, 6.07) is 3.60. The average Bonchev–Trinajstić information content (AvgIpc) is 2.83. The van der Waals surface area contributed by atoms with Gasteiger partial charge in [-0.2, -0.15) is 9.97 Å². The van der Waals surface area contributed by atoms with Crippen molar-refractivity contribution in [1.82, 2.24) is 25.3 Å². The lowest BCUT2D eigenvalue weighted by atomic mass is 10.1. The number of hydrogen-bond acceptors (Lipinski definition) is 11. The van der Waals surface area contributed by atoms with Gasteiger partial charge >= 0.3 is 11.9 Å². The molecule has 4 rings (SSSR count). The third-order valence-corrected chi connectivity index (χ3v) is 5.52. The number of carbonyl (C=O) groups excluding carboxylic acids is 1. The van der Waals surface area contributed by atoms with E-state index in [1.807, 2.05) is 4.90 Å². The van der Waals surface area contributed by atoms with Gasteiger partial charge in [-0.3, -0.25) is 9.59 Å². The van der Waals surface area contributed by atoms with Gasteiger partial charge in [0.05, 0.1) is 30.7 Å². The summed E-state index contributed by atoms with van der Waals surface area (Å²) in [6.07, 6.45) is 1.51. The molecule has 0 bridgehead atoms. The van der Waals surface area contributed by atoms with E-state index in [1.54, 1.807) is 18.3 Å². The van der Waals surface area contributed by atoms with Gasteiger partial charge < -0.3 is 36.6 Å². The molecular weight excluding hydrogens is 472 g/mol. The maximum atomic E-state index is 12.7. The third kappa shape index (κ3) is 5.48. The van der Waals surface area contributed by atoms with E-state index in [1.165, 1.54) is 6.07 Å². The SMILES string of the molecule is Nc1nc(N)c2nc(CN3CCOc4cc(C(=O)N[C@@H](CCCC(=O)O)C(=O)O)ccc43)cnc2n1. The molecule has 14 nitrogen and oxygen atoms in total. The second kappa shape index (κ2) is 10.2. The van der Waals surface area contributed by atoms with Crippen LogP contribution in [0.1, 0.15) is 35.3 Å². The van der Waals surface area contributed by atoms with Crippen LogP contribution in [0.15, 0.2) is 24.4 Å². The Bertz CT molecular complexity index is 1330. The first-order chi connectivity index (χ1) is 17.2. The van der Waals surface area contributed by atoms with Crippen molar-refractivity contribution in [3.8, 4) is 5.75 Å². The lowest BCUT2D eigenvalue weighted by Crippen LogP contribution is -2.41. The van der Waals surface area contributed by atoms with Gasteiger partial charge in [-0.1, -0.05) is 0 Å². The van der Waals surface area contributed by atoms with Crippen molar-refractivity contribution >= 4 is 46.5 Å². The molecule has 0 saturated carbocycles. The highest BCUT2D eigenvalue weighted by molar-refractivity contribution is 5.97. The summed E-state index contributed by atoms with van der Waals surface area (Å²) in [6.45, 7) is 1.28. The molecule has 1 atom stereocenters. The number of nitrogens with one attached hydrogen (secondary N) is 1. The van der Waals surface area contributed by atoms with Gasteiger partial charge in [0, 0.05) is 12.0 Å². The van der Waals surface area contributed by atoms with Crippen LogP contribution in [0.3, 0.4) is 0 Å². The normalized spacial score (nSPS) is 13.5. The number of rotatable bonds is 9. The number of nitrogen functional groups attached to an aromatic ring is 2. The molecule has 1 amide bonds. The summed E-state index contributed by atoms with van der Waals surface area (Å²) < 4.78 is 5.74. The number of amides is 1. The molecule has 0 fully saturated rings. The van der Waals surface area contributed by atoms with Crippen molar-refractivity contribution in [1.29, 1.82) is 0 Å². The largest absolute Gasteiger partial charge is 0.490 e. The number of aromatic nitrogens is 4. The minimum atomic E-state index is -1.24. The Kier molecular flexibility index (Phi) is 6.94. The predicted molar refractivity (Wildman–Crippen MR) is 127 cm³/mol. The van der Waals surface area contributed by atoms with Gasteiger partial charge in [0.25, 0.3) is 5.91 Å². The first kappa shape index (κ1) is 24.4. The monoisotopic (exact) mass is 496 g/mol. The number of ether oxygens (including phenoxy) is 1. The Labute approximate surface area is 204 Å². The van der Waals surface area contributed by atoms with E-state index in [-0.39, 0.29) is 36.6 Å². The van der Waals surface area contributed by atoms with Crippen molar-refractivity contribution in [2.75, 3.05) is 29.5 Å². The zero-order chi connectivity index (χ0) is 25.8. The molecule has 3 heterocycles. The predicted octanol–water partition coefficient (Wildman–Crippen LogP) is 0.421. The highest BCUT2D eigenvalue weighted by Crippen LogP contribution is 2.33. The van der Waals surface area contributed by atoms with Gasteiger partial charge in [-0.05, 0) is 31.0 Å². The average molecular weight is 496 g/mol. The van der Waals surface area contributed by atoms with Crippen molar-refractivity contribution in [2.45, 2.75) is 31.8 Å². The number of carbonyl (C=O) groups is 3. The summed E-state index contributed by atoms with van der Waals surface area (Å²) in [5.74, 6) is -2.27. The van der Waals surface area contributed by atoms with E-state index in [0.717, 1.165) is 5.69 Å². The zero-order valence-corrected chi connectivity index (χ0v) is 19.0. The first-order valence-corrected chi connectivity index (χ1v) is 11.0. The summed E-state index contributed by atoms with van der Waals surface area (Å²) in [4.78, 5) is 53.6. The maximum Gasteiger partial charge on any atom is 0.326 e. The molecule has 36 heavy (non-hydrogen) atoms. The Balaban J connectivity index is 1.49. The number of aliphatic carboxylic acids is 2. The summed E-state index contributed by atoms with van der Waals surface area (Å²) in [7, 11) is 0. The third-order valence-electron chi connectivity index (χ3n) is 5.52. The Morgan fingerprint density at radius 2 is 1.97 bits per heavy atom. The molecule has 0 spiro atoms. The van der Waals surface area contributed by atoms with Crippen LogP contribution in [0.5, 0.6) is 5.75 Å². The lowest BCUT2D eigenvalue weighted by molar-refractivity contribution is -0.140. The summed E-state index contributed by atoms with van der Waals surface area (Å²) in [5, 5.41) is 20.6. The smallest absolute Gasteiger partial charge is 0.326 e. The Morgan fingerprint density at radius 3 is 2.72 bits per heavy atom. The van der Waals surface area contributed by atoms with E-state index in [2.05, 4.69) is 25.3 Å². The van der Waals surface area contributed by atoms with E-state index in [0.29, 0.717) is 42.3 Å². The molecular formula is C22H24N8O6. The fourth-order valence-electron chi connectivity index (χ4n) is 3.79. The van der Waals surface area contributed by atoms with Gasteiger partial charge in [-0.15, -0.1) is 0 Å². The van der Waals surface area contributed by atoms with E-state index >= 15 is 0 Å². The number of nitrogens with zero attached hydrogens (tertiary/aromatic N) is 5. The van der Waals surface area contributed by atoms with Crippen LogP contribution in [0.2, 0.25) is 0 Å². The molecule has 0 saturated heterocycles. The van der Waals surface area contributed by atoms with Gasteiger partial charge in [0.2, 0.25) is 5.95 Å². The van der Waals surface area contributed by atoms with Crippen LogP contribution in [-0.4, -0.2) is 67.2 Å². The molecule has 1 aromatic carbocycles. The molecule has 14 heteroatoms. The minimum Gasteiger partial charge on any atom is -0.490 e. The molecule has 0 aliphatic carbocycles. The van der Waals surface area contributed by atoms with Crippen LogP contribution in [-0.2, 0) is 16.1 Å². The molecule has 7 N–H and O–H groups in total. The number of hydrogen-bond donors (Lipinski definition) is 5. The minimum absolute atomic E-state index is 0.00245. The standard InChI is InChI=1S/C22H24N8O6/c23-18-17-19(29-22(24)28-18)25-9-12(26-17)10-30-6-7-36-15-8-11(4-5-14(15)30)20(33)27-13(21(34)35)2-1-3-16(31)32/h4-5,8-9,13H,1-3,6-7,10H2,(H,27,33)(H,31,32)(H,34,35)(H4,23,24,25,28,29)/t13-/m0/s1. The summed E-state index contributed by atoms with van der Waals surface area (Å²) >= 11 is 0. The topological polar surface area (TPSA) is 220 Å². The number of benzene rings is 1. The molecule has 3 aromatic rings. The van der Waals surface area contributed by atoms with Crippen molar-refractivity contribution < 1.29 is 29.3 Å². The fourth-order valence-corrected chi connectivity index (χ4v) is 3.79. The van der Waals surface area contributed by atoms with Crippen molar-refractivity contribution in [3.63, 3.8) is 0 Å². The second-order valence-corrected chi connectivity index (χ2v) is 8.10. The van der Waals surface area contributed by atoms with Crippen LogP contribution < -0.4 is 26.4 Å². The van der Waals surface area contributed by atoms with Crippen LogP contribution >= 0.6 is 0 Å². The highest BCUT2D eigenvalue weighted by Gasteiger charge is 2.24. The molecule has 188 valence electrons. The number of carboxylic acid groups (broad SMARTS) is 2. The van der Waals surface area contributed by atoms with E-state index in [4.69, 9.17) is 21.3 Å². The van der Waals surface area contributed by atoms with Gasteiger partial charge in [0.15, 0.2) is 17.0 Å². The molecule has 0 radical (unpaired) electrons. The summed E-state index contributed by atoms with van der Waals surface area (Å²) in [5.41, 5.74) is 13.7. The highest BCUT2D eigenvalue weighted by atomic mass is 16.5.